The average molecular weight is 391 g/mol. The van der Waals surface area contributed by atoms with Crippen molar-refractivity contribution in [3.63, 3.8) is 0 Å². The third kappa shape index (κ3) is 2.88. The molecule has 0 unspecified atom stereocenters. The molecular weight excluding hydrogens is 380 g/mol. The number of nitrogens with zero attached hydrogens (tertiary/aromatic N) is 1. The number of sulfonamides is 1. The lowest BCUT2D eigenvalue weighted by molar-refractivity contribution is 0.596. The van der Waals surface area contributed by atoms with Gasteiger partial charge in [0, 0.05) is 12.6 Å². The number of rotatable bonds is 4. The van der Waals surface area contributed by atoms with E-state index in [1.807, 2.05) is 0 Å². The second-order valence-corrected chi connectivity index (χ2v) is 9.01. The van der Waals surface area contributed by atoms with Gasteiger partial charge in [0.05, 0.1) is 9.47 Å². The summed E-state index contributed by atoms with van der Waals surface area (Å²) in [6, 6.07) is 10.1. The summed E-state index contributed by atoms with van der Waals surface area (Å²) in [7, 11) is -2.13. The monoisotopic (exact) mass is 390 g/mol. The van der Waals surface area contributed by atoms with E-state index in [4.69, 9.17) is 18.0 Å². The van der Waals surface area contributed by atoms with Crippen molar-refractivity contribution in [3.8, 4) is 0 Å². The first kappa shape index (κ1) is 15.4. The summed E-state index contributed by atoms with van der Waals surface area (Å²) in [5.41, 5.74) is 6.64. The zero-order valence-electron chi connectivity index (χ0n) is 10.4. The van der Waals surface area contributed by atoms with Crippen LogP contribution in [0.25, 0.3) is 0 Å². The largest absolute Gasteiger partial charge is 0.389 e. The lowest BCUT2D eigenvalue weighted by Crippen LogP contribution is -2.28. The highest BCUT2D eigenvalue weighted by Crippen LogP contribution is 2.31. The fourth-order valence-corrected chi connectivity index (χ4v) is 5.23. The smallest absolute Gasteiger partial charge is 0.273 e. The summed E-state index contributed by atoms with van der Waals surface area (Å²) in [6.45, 7) is 0. The molecule has 0 aliphatic heterocycles. The standard InChI is InChI=1S/C12H11BrN2O2S3/c1-15(9-5-3-2-4-8(9)12(14)18)20(16,17)11-7-6-10(13)19-11/h2-7H,1H3,(H2,14,18). The van der Waals surface area contributed by atoms with Gasteiger partial charge in [0.2, 0.25) is 0 Å². The number of para-hydroxylation sites is 1. The third-order valence-electron chi connectivity index (χ3n) is 2.67. The average Bonchev–Trinajstić information content (AvgIpc) is 2.85. The van der Waals surface area contributed by atoms with Crippen LogP contribution >= 0.6 is 39.5 Å². The first-order chi connectivity index (χ1) is 9.34. The normalized spacial score (nSPS) is 11.3. The number of thiophene rings is 1. The Morgan fingerprint density at radius 3 is 2.50 bits per heavy atom. The molecule has 2 rings (SSSR count). The molecule has 1 aromatic carbocycles. The van der Waals surface area contributed by atoms with E-state index in [0.29, 0.717) is 11.3 Å². The number of anilines is 1. The van der Waals surface area contributed by atoms with E-state index in [-0.39, 0.29) is 9.20 Å². The molecule has 1 heterocycles. The zero-order chi connectivity index (χ0) is 14.9. The summed E-state index contributed by atoms with van der Waals surface area (Å²) in [4.78, 5) is 0.162. The van der Waals surface area contributed by atoms with Crippen LogP contribution in [0.3, 0.4) is 0 Å². The van der Waals surface area contributed by atoms with Gasteiger partial charge in [0.1, 0.15) is 9.20 Å². The van der Waals surface area contributed by atoms with Crippen molar-refractivity contribution in [2.24, 2.45) is 5.73 Å². The van der Waals surface area contributed by atoms with Crippen molar-refractivity contribution in [2.45, 2.75) is 4.21 Å². The summed E-state index contributed by atoms with van der Waals surface area (Å²) < 4.78 is 27.3. The van der Waals surface area contributed by atoms with Crippen LogP contribution in [0.15, 0.2) is 44.4 Å². The summed E-state index contributed by atoms with van der Waals surface area (Å²) in [6.07, 6.45) is 0. The highest BCUT2D eigenvalue weighted by molar-refractivity contribution is 9.11. The third-order valence-corrected chi connectivity index (χ3v) is 6.75. The predicted molar refractivity (Wildman–Crippen MR) is 89.9 cm³/mol. The lowest BCUT2D eigenvalue weighted by atomic mass is 10.2. The van der Waals surface area contributed by atoms with Gasteiger partial charge < -0.3 is 5.73 Å². The minimum absolute atomic E-state index is 0.162. The van der Waals surface area contributed by atoms with Crippen LogP contribution in [0.5, 0.6) is 0 Å². The number of benzene rings is 1. The molecule has 8 heteroatoms. The van der Waals surface area contributed by atoms with Crippen LogP contribution in [0.2, 0.25) is 0 Å². The van der Waals surface area contributed by atoms with E-state index in [2.05, 4.69) is 15.9 Å². The van der Waals surface area contributed by atoms with Crippen LogP contribution in [0, 0.1) is 0 Å². The second kappa shape index (κ2) is 5.80. The Morgan fingerprint density at radius 1 is 1.30 bits per heavy atom. The zero-order valence-corrected chi connectivity index (χ0v) is 14.4. The molecule has 0 spiro atoms. The Bertz CT molecular complexity index is 756. The van der Waals surface area contributed by atoms with Crippen molar-refractivity contribution < 1.29 is 8.42 Å². The molecule has 0 bridgehead atoms. The van der Waals surface area contributed by atoms with Gasteiger partial charge in [-0.25, -0.2) is 8.42 Å². The maximum absolute atomic E-state index is 12.6. The van der Waals surface area contributed by atoms with Crippen LogP contribution in [-0.2, 0) is 10.0 Å². The molecule has 0 amide bonds. The van der Waals surface area contributed by atoms with Crippen LogP contribution < -0.4 is 10.0 Å². The van der Waals surface area contributed by atoms with Crippen molar-refractivity contribution in [1.82, 2.24) is 0 Å². The molecule has 0 atom stereocenters. The van der Waals surface area contributed by atoms with Crippen molar-refractivity contribution in [3.05, 3.63) is 45.7 Å². The topological polar surface area (TPSA) is 63.4 Å². The van der Waals surface area contributed by atoms with Gasteiger partial charge in [-0.15, -0.1) is 11.3 Å². The molecular formula is C12H11BrN2O2S3. The van der Waals surface area contributed by atoms with Gasteiger partial charge >= 0.3 is 0 Å². The maximum atomic E-state index is 12.6. The molecule has 2 aromatic rings. The first-order valence-electron chi connectivity index (χ1n) is 5.47. The Hall–Kier alpha value is -0.960. The molecule has 1 aromatic heterocycles. The van der Waals surface area contributed by atoms with Crippen molar-refractivity contribution in [1.29, 1.82) is 0 Å². The summed E-state index contributed by atoms with van der Waals surface area (Å²) >= 11 is 9.38. The molecule has 0 fully saturated rings. The maximum Gasteiger partial charge on any atom is 0.273 e. The Kier molecular flexibility index (Phi) is 4.48. The van der Waals surface area contributed by atoms with Gasteiger partial charge in [-0.05, 0) is 40.2 Å². The number of thiocarbonyl (C=S) groups is 1. The van der Waals surface area contributed by atoms with Gasteiger partial charge in [-0.1, -0.05) is 24.4 Å². The molecule has 2 N–H and O–H groups in total. The molecule has 20 heavy (non-hydrogen) atoms. The van der Waals surface area contributed by atoms with E-state index in [1.165, 1.54) is 11.4 Å². The minimum atomic E-state index is -3.62. The SMILES string of the molecule is CN(c1ccccc1C(N)=S)S(=O)(=O)c1ccc(Br)s1. The number of hydrogen-bond donors (Lipinski definition) is 1. The fourth-order valence-electron chi connectivity index (χ4n) is 1.66. The van der Waals surface area contributed by atoms with Gasteiger partial charge in [-0.2, -0.15) is 0 Å². The highest BCUT2D eigenvalue weighted by atomic mass is 79.9. The summed E-state index contributed by atoms with van der Waals surface area (Å²) in [5, 5.41) is 0. The van der Waals surface area contributed by atoms with Crippen molar-refractivity contribution >= 4 is 60.2 Å². The van der Waals surface area contributed by atoms with Crippen LogP contribution in [0.1, 0.15) is 5.56 Å². The van der Waals surface area contributed by atoms with E-state index in [1.54, 1.807) is 36.4 Å². The van der Waals surface area contributed by atoms with Gasteiger partial charge in [0.15, 0.2) is 0 Å². The first-order valence-corrected chi connectivity index (χ1v) is 8.93. The van der Waals surface area contributed by atoms with Crippen LogP contribution in [0.4, 0.5) is 5.69 Å². The van der Waals surface area contributed by atoms with E-state index < -0.39 is 10.0 Å². The highest BCUT2D eigenvalue weighted by Gasteiger charge is 2.25. The second-order valence-electron chi connectivity index (χ2n) is 3.91. The molecule has 4 nitrogen and oxygen atoms in total. The van der Waals surface area contributed by atoms with E-state index >= 15 is 0 Å². The predicted octanol–water partition coefficient (Wildman–Crippen LogP) is 2.97. The van der Waals surface area contributed by atoms with E-state index in [9.17, 15) is 8.42 Å². The number of hydrogen-bond acceptors (Lipinski definition) is 4. The Morgan fingerprint density at radius 2 is 1.95 bits per heavy atom. The fraction of sp³-hybridized carbons (Fsp3) is 0.0833. The Labute approximate surface area is 135 Å². The molecule has 0 saturated carbocycles. The van der Waals surface area contributed by atoms with Crippen LogP contribution in [-0.4, -0.2) is 20.5 Å². The molecule has 0 saturated heterocycles. The molecule has 106 valence electrons. The molecule has 0 aliphatic carbocycles. The Balaban J connectivity index is 2.51. The molecule has 0 radical (unpaired) electrons. The van der Waals surface area contributed by atoms with Gasteiger partial charge in [0.25, 0.3) is 10.0 Å². The lowest BCUT2D eigenvalue weighted by Gasteiger charge is -2.21. The number of halogens is 1. The number of nitrogens with two attached hydrogens (primary N) is 1. The quantitative estimate of drug-likeness (QED) is 0.814. The van der Waals surface area contributed by atoms with Crippen molar-refractivity contribution in [2.75, 3.05) is 11.4 Å². The van der Waals surface area contributed by atoms with Gasteiger partial charge in [-0.3, -0.25) is 4.31 Å². The molecule has 0 aliphatic rings. The van der Waals surface area contributed by atoms with E-state index in [0.717, 1.165) is 15.1 Å². The summed E-state index contributed by atoms with van der Waals surface area (Å²) in [5.74, 6) is 0. The minimum Gasteiger partial charge on any atom is -0.389 e.